The molecule has 1 aliphatic heterocycles. The number of carbonyl (C=O) groups excluding carboxylic acids is 1. The van der Waals surface area contributed by atoms with Crippen molar-refractivity contribution in [3.8, 4) is 16.9 Å². The second-order valence-electron chi connectivity index (χ2n) is 7.23. The molecule has 1 saturated heterocycles. The fraction of sp³-hybridized carbons (Fsp3) is 0.130. The summed E-state index contributed by atoms with van der Waals surface area (Å²) in [5.41, 5.74) is 2.96. The Morgan fingerprint density at radius 3 is 2.53 bits per heavy atom. The second kappa shape index (κ2) is 7.44. The van der Waals surface area contributed by atoms with Crippen LogP contribution in [0.2, 0.25) is 0 Å². The minimum atomic E-state index is -0.160. The quantitative estimate of drug-likeness (QED) is 0.531. The molecule has 1 fully saturated rings. The lowest BCUT2D eigenvalue weighted by molar-refractivity contribution is 0.0493. The lowest BCUT2D eigenvalue weighted by Crippen LogP contribution is -2.53. The lowest BCUT2D eigenvalue weighted by Gasteiger charge is -2.39. The van der Waals surface area contributed by atoms with Crippen LogP contribution in [0.25, 0.3) is 16.9 Å². The van der Waals surface area contributed by atoms with Gasteiger partial charge in [0.15, 0.2) is 0 Å². The zero-order chi connectivity index (χ0) is 20.5. The van der Waals surface area contributed by atoms with Gasteiger partial charge in [-0.05, 0) is 30.3 Å². The van der Waals surface area contributed by atoms with Crippen LogP contribution in [-0.4, -0.2) is 43.5 Å². The van der Waals surface area contributed by atoms with E-state index in [-0.39, 0.29) is 17.5 Å². The molecule has 0 radical (unpaired) electrons. The number of hydrogen-bond donors (Lipinski definition) is 0. The molecule has 0 N–H and O–H groups in total. The fourth-order valence-electron chi connectivity index (χ4n) is 3.61. The highest BCUT2D eigenvalue weighted by Crippen LogP contribution is 2.23. The van der Waals surface area contributed by atoms with E-state index in [0.29, 0.717) is 18.7 Å². The Balaban J connectivity index is 1.33. The molecule has 2 aromatic heterocycles. The van der Waals surface area contributed by atoms with Crippen LogP contribution in [0.4, 0.5) is 0 Å². The monoisotopic (exact) mass is 397 g/mol. The van der Waals surface area contributed by atoms with Crippen molar-refractivity contribution < 1.29 is 4.79 Å². The molecule has 0 aliphatic carbocycles. The van der Waals surface area contributed by atoms with Gasteiger partial charge in [-0.1, -0.05) is 36.4 Å². The van der Waals surface area contributed by atoms with E-state index in [9.17, 15) is 9.59 Å². The molecular formula is C23H19N5O2. The van der Waals surface area contributed by atoms with Gasteiger partial charge in [-0.15, -0.1) is 0 Å². The van der Waals surface area contributed by atoms with Gasteiger partial charge < -0.3 is 4.90 Å². The van der Waals surface area contributed by atoms with E-state index < -0.39 is 0 Å². The SMILES string of the molecule is O=C(c1cccc(-n2cccn2)c1)N1CC(n2nc(-c3ccccc3)ccc2=O)C1. The minimum absolute atomic E-state index is 0.0625. The van der Waals surface area contributed by atoms with Gasteiger partial charge in [0.05, 0.1) is 17.4 Å². The summed E-state index contributed by atoms with van der Waals surface area (Å²) in [6.07, 6.45) is 3.53. The van der Waals surface area contributed by atoms with Crippen LogP contribution in [0.15, 0.2) is 90.0 Å². The molecule has 30 heavy (non-hydrogen) atoms. The van der Waals surface area contributed by atoms with E-state index >= 15 is 0 Å². The first-order valence-corrected chi connectivity index (χ1v) is 9.74. The van der Waals surface area contributed by atoms with E-state index in [0.717, 1.165) is 16.9 Å². The van der Waals surface area contributed by atoms with Gasteiger partial charge in [0.25, 0.3) is 11.5 Å². The molecule has 7 heteroatoms. The molecule has 7 nitrogen and oxygen atoms in total. The molecule has 148 valence electrons. The molecule has 2 aromatic carbocycles. The smallest absolute Gasteiger partial charge is 0.267 e. The molecule has 0 atom stereocenters. The average molecular weight is 397 g/mol. The maximum atomic E-state index is 12.9. The molecule has 0 saturated carbocycles. The standard InChI is InChI=1S/C23H19N5O2/c29-22-11-10-21(17-6-2-1-3-7-17)25-28(22)20-15-26(16-20)23(30)18-8-4-9-19(14-18)27-13-5-12-24-27/h1-14,20H,15-16H2. The van der Waals surface area contributed by atoms with Crippen LogP contribution < -0.4 is 5.56 Å². The molecule has 0 spiro atoms. The molecule has 1 amide bonds. The predicted molar refractivity (Wildman–Crippen MR) is 112 cm³/mol. The summed E-state index contributed by atoms with van der Waals surface area (Å²) in [6.45, 7) is 0.909. The Morgan fingerprint density at radius 2 is 1.77 bits per heavy atom. The van der Waals surface area contributed by atoms with Gasteiger partial charge in [0.1, 0.15) is 0 Å². The van der Waals surface area contributed by atoms with Crippen LogP contribution in [0, 0.1) is 0 Å². The van der Waals surface area contributed by atoms with Crippen molar-refractivity contribution in [2.24, 2.45) is 0 Å². The maximum Gasteiger partial charge on any atom is 0.267 e. The summed E-state index contributed by atoms with van der Waals surface area (Å²) >= 11 is 0. The number of benzene rings is 2. The molecule has 0 bridgehead atoms. The van der Waals surface area contributed by atoms with Crippen molar-refractivity contribution in [2.45, 2.75) is 6.04 Å². The van der Waals surface area contributed by atoms with Crippen LogP contribution in [0.5, 0.6) is 0 Å². The highest BCUT2D eigenvalue weighted by Gasteiger charge is 2.34. The van der Waals surface area contributed by atoms with Gasteiger partial charge in [-0.25, -0.2) is 9.36 Å². The number of nitrogens with zero attached hydrogens (tertiary/aromatic N) is 5. The zero-order valence-electron chi connectivity index (χ0n) is 16.1. The summed E-state index contributed by atoms with van der Waals surface area (Å²) in [4.78, 5) is 27.0. The Bertz CT molecular complexity index is 1240. The summed E-state index contributed by atoms with van der Waals surface area (Å²) in [6, 6.07) is 22.1. The fourth-order valence-corrected chi connectivity index (χ4v) is 3.61. The van der Waals surface area contributed by atoms with E-state index in [2.05, 4.69) is 10.2 Å². The summed E-state index contributed by atoms with van der Waals surface area (Å²) in [7, 11) is 0. The highest BCUT2D eigenvalue weighted by molar-refractivity contribution is 5.95. The largest absolute Gasteiger partial charge is 0.334 e. The van der Waals surface area contributed by atoms with Gasteiger partial charge in [-0.2, -0.15) is 10.2 Å². The van der Waals surface area contributed by atoms with Crippen molar-refractivity contribution in [1.29, 1.82) is 0 Å². The maximum absolute atomic E-state index is 12.9. The summed E-state index contributed by atoms with van der Waals surface area (Å²) in [5.74, 6) is -0.0625. The number of amides is 1. The summed E-state index contributed by atoms with van der Waals surface area (Å²) < 4.78 is 3.21. The number of carbonyl (C=O) groups is 1. The van der Waals surface area contributed by atoms with E-state index in [1.165, 1.54) is 10.7 Å². The first-order chi connectivity index (χ1) is 14.7. The molecule has 1 aliphatic rings. The van der Waals surface area contributed by atoms with Gasteiger partial charge in [-0.3, -0.25) is 9.59 Å². The van der Waals surface area contributed by atoms with Crippen LogP contribution in [-0.2, 0) is 0 Å². The predicted octanol–water partition coefficient (Wildman–Crippen LogP) is 2.79. The molecule has 3 heterocycles. The zero-order valence-corrected chi connectivity index (χ0v) is 16.1. The van der Waals surface area contributed by atoms with Gasteiger partial charge >= 0.3 is 0 Å². The Hall–Kier alpha value is -4.00. The number of hydrogen-bond acceptors (Lipinski definition) is 4. The third kappa shape index (κ3) is 3.30. The normalized spacial score (nSPS) is 13.8. The molecule has 5 rings (SSSR count). The Kier molecular flexibility index (Phi) is 4.48. The first-order valence-electron chi connectivity index (χ1n) is 9.74. The van der Waals surface area contributed by atoms with Crippen LogP contribution >= 0.6 is 0 Å². The Labute approximate surface area is 172 Å². The first kappa shape index (κ1) is 18.1. The van der Waals surface area contributed by atoms with Crippen molar-refractivity contribution in [1.82, 2.24) is 24.5 Å². The van der Waals surface area contributed by atoms with E-state index in [1.807, 2.05) is 60.8 Å². The number of rotatable bonds is 4. The van der Waals surface area contributed by atoms with Crippen molar-refractivity contribution >= 4 is 5.91 Å². The van der Waals surface area contributed by atoms with Crippen molar-refractivity contribution in [3.63, 3.8) is 0 Å². The highest BCUT2D eigenvalue weighted by atomic mass is 16.2. The van der Waals surface area contributed by atoms with Crippen LogP contribution in [0.1, 0.15) is 16.4 Å². The topological polar surface area (TPSA) is 73.0 Å². The number of likely N-dealkylation sites (tertiary alicyclic amines) is 1. The second-order valence-corrected chi connectivity index (χ2v) is 7.23. The third-order valence-corrected chi connectivity index (χ3v) is 5.25. The lowest BCUT2D eigenvalue weighted by atomic mass is 10.1. The Morgan fingerprint density at radius 1 is 0.933 bits per heavy atom. The van der Waals surface area contributed by atoms with Gasteiger partial charge in [0, 0.05) is 42.7 Å². The van der Waals surface area contributed by atoms with Crippen molar-refractivity contribution in [2.75, 3.05) is 13.1 Å². The molecule has 0 unspecified atom stereocenters. The molecular weight excluding hydrogens is 378 g/mol. The number of aromatic nitrogens is 4. The average Bonchev–Trinajstić information content (AvgIpc) is 3.30. The van der Waals surface area contributed by atoms with Crippen molar-refractivity contribution in [3.05, 3.63) is 101 Å². The van der Waals surface area contributed by atoms with Crippen LogP contribution in [0.3, 0.4) is 0 Å². The molecule has 4 aromatic rings. The van der Waals surface area contributed by atoms with E-state index in [4.69, 9.17) is 0 Å². The van der Waals surface area contributed by atoms with E-state index in [1.54, 1.807) is 27.9 Å². The summed E-state index contributed by atoms with van der Waals surface area (Å²) in [5, 5.41) is 8.74. The van der Waals surface area contributed by atoms with Gasteiger partial charge in [0.2, 0.25) is 0 Å². The minimum Gasteiger partial charge on any atom is -0.334 e. The third-order valence-electron chi connectivity index (χ3n) is 5.25.